The summed E-state index contributed by atoms with van der Waals surface area (Å²) in [7, 11) is 4.87. The second-order valence-corrected chi connectivity index (χ2v) is 8.70. The van der Waals surface area contributed by atoms with Crippen molar-refractivity contribution in [2.24, 2.45) is 0 Å². The summed E-state index contributed by atoms with van der Waals surface area (Å²) in [6, 6.07) is 0. The van der Waals surface area contributed by atoms with Crippen LogP contribution in [0.5, 0.6) is 0 Å². The molecule has 1 unspecified atom stereocenters. The largest absolute Gasteiger partial charge is 0.347 e. The molecule has 1 heterocycles. The van der Waals surface area contributed by atoms with Gasteiger partial charge in [0.25, 0.3) is 0 Å². The smallest absolute Gasteiger partial charge is 0.0807 e. The number of hydrogen-bond acceptors (Lipinski definition) is 3. The topological polar surface area (TPSA) is 6.48 Å². The maximum absolute atomic E-state index is 4.39. The Morgan fingerprint density at radius 3 is 2.61 bits per heavy atom. The summed E-state index contributed by atoms with van der Waals surface area (Å²) in [6.45, 7) is 18.0. The molecule has 0 spiro atoms. The SMILES string of the molecule is C=C(/C=C\C(P)=C/C)/C=C1\S/C(=C(/C)N(C)C2=CCCC=C2C)C(=C)N1CC. The lowest BCUT2D eigenvalue weighted by Crippen LogP contribution is -2.20. The lowest BCUT2D eigenvalue weighted by Gasteiger charge is -2.27. The molecule has 0 bridgehead atoms. The van der Waals surface area contributed by atoms with Crippen LogP contribution in [0, 0.1) is 0 Å². The molecule has 1 saturated heterocycles. The molecule has 1 atom stereocenters. The summed E-state index contributed by atoms with van der Waals surface area (Å²) in [5.74, 6) is 0. The molecule has 28 heavy (non-hydrogen) atoms. The van der Waals surface area contributed by atoms with E-state index in [1.54, 1.807) is 11.8 Å². The quantitative estimate of drug-likeness (QED) is 0.340. The Balaban J connectivity index is 2.31. The first-order chi connectivity index (χ1) is 13.3. The van der Waals surface area contributed by atoms with Crippen LogP contribution in [0.4, 0.5) is 0 Å². The number of hydrogen-bond donors (Lipinski definition) is 0. The first-order valence-corrected chi connectivity index (χ1v) is 11.2. The van der Waals surface area contributed by atoms with Gasteiger partial charge in [-0.3, -0.25) is 0 Å². The van der Waals surface area contributed by atoms with Crippen LogP contribution in [0.25, 0.3) is 0 Å². The Bertz CT molecular complexity index is 837. The zero-order valence-corrected chi connectivity index (χ0v) is 19.9. The van der Waals surface area contributed by atoms with E-state index < -0.39 is 0 Å². The van der Waals surface area contributed by atoms with E-state index >= 15 is 0 Å². The third-order valence-corrected chi connectivity index (χ3v) is 6.87. The molecule has 150 valence electrons. The normalized spacial score (nSPS) is 21.4. The van der Waals surface area contributed by atoms with Crippen molar-refractivity contribution in [3.63, 3.8) is 0 Å². The highest BCUT2D eigenvalue weighted by Gasteiger charge is 2.28. The lowest BCUT2D eigenvalue weighted by atomic mass is 10.0. The van der Waals surface area contributed by atoms with Gasteiger partial charge in [0.05, 0.1) is 15.6 Å². The van der Waals surface area contributed by atoms with Crippen LogP contribution < -0.4 is 0 Å². The number of thioether (sulfide) groups is 1. The summed E-state index contributed by atoms with van der Waals surface area (Å²) < 4.78 is 0. The van der Waals surface area contributed by atoms with Gasteiger partial charge in [0.1, 0.15) is 0 Å². The van der Waals surface area contributed by atoms with Crippen molar-refractivity contribution in [1.29, 1.82) is 0 Å². The Kier molecular flexibility index (Phi) is 8.22. The molecular formula is C24H33N2PS. The molecule has 0 aromatic carbocycles. The van der Waals surface area contributed by atoms with E-state index in [1.165, 1.54) is 26.9 Å². The van der Waals surface area contributed by atoms with E-state index in [2.05, 4.69) is 90.4 Å². The van der Waals surface area contributed by atoms with E-state index in [-0.39, 0.29) is 0 Å². The van der Waals surface area contributed by atoms with Gasteiger partial charge >= 0.3 is 0 Å². The lowest BCUT2D eigenvalue weighted by molar-refractivity contribution is 0.490. The summed E-state index contributed by atoms with van der Waals surface area (Å²) in [4.78, 5) is 5.80. The molecule has 2 rings (SSSR count). The molecule has 0 aromatic heterocycles. The van der Waals surface area contributed by atoms with Crippen molar-refractivity contribution in [3.05, 3.63) is 93.1 Å². The van der Waals surface area contributed by atoms with Gasteiger partial charge in [-0.05, 0) is 63.1 Å². The highest BCUT2D eigenvalue weighted by Crippen LogP contribution is 2.46. The van der Waals surface area contributed by atoms with E-state index in [9.17, 15) is 0 Å². The molecule has 2 aliphatic rings. The van der Waals surface area contributed by atoms with E-state index in [0.717, 1.165) is 36.0 Å². The molecule has 0 radical (unpaired) electrons. The monoisotopic (exact) mass is 412 g/mol. The summed E-state index contributed by atoms with van der Waals surface area (Å²) >= 11 is 1.79. The molecule has 1 aliphatic carbocycles. The van der Waals surface area contributed by atoms with Gasteiger partial charge in [0.15, 0.2) is 0 Å². The Labute approximate surface area is 178 Å². The third-order valence-electron chi connectivity index (χ3n) is 5.06. The average molecular weight is 413 g/mol. The highest BCUT2D eigenvalue weighted by molar-refractivity contribution is 8.07. The maximum Gasteiger partial charge on any atom is 0.0807 e. The van der Waals surface area contributed by atoms with Crippen LogP contribution in [-0.2, 0) is 0 Å². The van der Waals surface area contributed by atoms with E-state index in [1.807, 2.05) is 13.0 Å². The predicted molar refractivity (Wildman–Crippen MR) is 130 cm³/mol. The third kappa shape index (κ3) is 5.21. The molecule has 0 saturated carbocycles. The number of likely N-dealkylation sites (N-methyl/N-ethyl adjacent to an activating group) is 2. The van der Waals surface area contributed by atoms with Gasteiger partial charge in [0, 0.05) is 25.0 Å². The van der Waals surface area contributed by atoms with Gasteiger partial charge in [-0.1, -0.05) is 55.3 Å². The zero-order chi connectivity index (χ0) is 20.8. The zero-order valence-electron chi connectivity index (χ0n) is 17.9. The van der Waals surface area contributed by atoms with Crippen molar-refractivity contribution in [2.45, 2.75) is 40.5 Å². The van der Waals surface area contributed by atoms with Crippen LogP contribution in [0.2, 0.25) is 0 Å². The average Bonchev–Trinajstić information content (AvgIpc) is 3.00. The summed E-state index contributed by atoms with van der Waals surface area (Å²) in [6.07, 6.45) is 15.2. The molecule has 0 N–H and O–H groups in total. The minimum Gasteiger partial charge on any atom is -0.347 e. The molecular weight excluding hydrogens is 379 g/mol. The van der Waals surface area contributed by atoms with Gasteiger partial charge in [0.2, 0.25) is 0 Å². The van der Waals surface area contributed by atoms with Crippen LogP contribution in [-0.4, -0.2) is 23.4 Å². The maximum atomic E-state index is 4.39. The van der Waals surface area contributed by atoms with E-state index in [4.69, 9.17) is 0 Å². The number of rotatable bonds is 6. The first-order valence-electron chi connectivity index (χ1n) is 9.77. The van der Waals surface area contributed by atoms with Crippen LogP contribution in [0.15, 0.2) is 93.1 Å². The van der Waals surface area contributed by atoms with Crippen molar-refractivity contribution in [3.8, 4) is 0 Å². The summed E-state index contributed by atoms with van der Waals surface area (Å²) in [5, 5.41) is 2.33. The standard InChI is InChI=1S/C24H33N2PS/c1-8-21(27)15-14-17(3)16-23-26(9-2)20(6)24(28-23)19(5)25(7)22-13-11-10-12-18(22)4/h8,12-16H,3,6,9-11,27H2,1-2,4-5,7H3/b15-14-,21-8+,23-16-,24-19-. The molecule has 0 amide bonds. The van der Waals surface area contributed by atoms with Crippen LogP contribution in [0.1, 0.15) is 40.5 Å². The van der Waals surface area contributed by atoms with Gasteiger partial charge in [-0.15, -0.1) is 9.24 Å². The Morgan fingerprint density at radius 1 is 1.32 bits per heavy atom. The van der Waals surface area contributed by atoms with Crippen molar-refractivity contribution in [2.75, 3.05) is 13.6 Å². The van der Waals surface area contributed by atoms with Gasteiger partial charge < -0.3 is 9.80 Å². The fourth-order valence-electron chi connectivity index (χ4n) is 3.24. The van der Waals surface area contributed by atoms with Crippen molar-refractivity contribution in [1.82, 2.24) is 9.80 Å². The molecule has 0 aromatic rings. The molecule has 1 aliphatic heterocycles. The molecule has 4 heteroatoms. The molecule has 1 fully saturated rings. The predicted octanol–water partition coefficient (Wildman–Crippen LogP) is 7.09. The first kappa shape index (κ1) is 22.6. The van der Waals surface area contributed by atoms with Crippen molar-refractivity contribution >= 4 is 21.0 Å². The fourth-order valence-corrected chi connectivity index (χ4v) is 4.61. The Morgan fingerprint density at radius 2 is 2.00 bits per heavy atom. The second-order valence-electron chi connectivity index (χ2n) is 7.00. The van der Waals surface area contributed by atoms with Gasteiger partial charge in [-0.25, -0.2) is 0 Å². The second kappa shape index (κ2) is 10.2. The summed E-state index contributed by atoms with van der Waals surface area (Å²) in [5.41, 5.74) is 5.94. The number of allylic oxidation sites excluding steroid dienone is 10. The minimum absolute atomic E-state index is 0.889. The van der Waals surface area contributed by atoms with Crippen molar-refractivity contribution < 1.29 is 0 Å². The fraction of sp³-hybridized carbons (Fsp3) is 0.333. The van der Waals surface area contributed by atoms with Crippen LogP contribution in [0.3, 0.4) is 0 Å². The minimum atomic E-state index is 0.889. The highest BCUT2D eigenvalue weighted by atomic mass is 32.2. The van der Waals surface area contributed by atoms with Gasteiger partial charge in [-0.2, -0.15) is 0 Å². The van der Waals surface area contributed by atoms with E-state index in [0.29, 0.717) is 0 Å². The van der Waals surface area contributed by atoms with Crippen LogP contribution >= 0.6 is 21.0 Å². The Hall–Kier alpha value is -1.70. The number of nitrogens with zero attached hydrogens (tertiary/aromatic N) is 2. The molecule has 2 nitrogen and oxygen atoms in total.